The smallest absolute Gasteiger partial charge is 0.407 e. The topological polar surface area (TPSA) is 117 Å². The van der Waals surface area contributed by atoms with E-state index in [0.29, 0.717) is 24.8 Å². The molecule has 180 valence electrons. The van der Waals surface area contributed by atoms with Crippen molar-refractivity contribution in [2.45, 2.75) is 77.4 Å². The van der Waals surface area contributed by atoms with Crippen molar-refractivity contribution in [2.24, 2.45) is 5.73 Å². The fourth-order valence-corrected chi connectivity index (χ4v) is 2.90. The molecular weight excluding hydrogens is 419 g/mol. The third-order valence-corrected chi connectivity index (χ3v) is 4.50. The number of carbonyl (C=O) groups excluding carboxylic acids is 3. The van der Waals surface area contributed by atoms with Crippen molar-refractivity contribution >= 4 is 18.0 Å². The van der Waals surface area contributed by atoms with Gasteiger partial charge in [-0.3, -0.25) is 9.59 Å². The maximum Gasteiger partial charge on any atom is 0.407 e. The molecule has 0 spiro atoms. The van der Waals surface area contributed by atoms with E-state index in [0.717, 1.165) is 12.8 Å². The Bertz CT molecular complexity index is 763. The molecule has 0 saturated heterocycles. The van der Waals surface area contributed by atoms with E-state index in [1.807, 2.05) is 0 Å². The largest absolute Gasteiger partial charge is 0.488 e. The number of hydrogen-bond donors (Lipinski definition) is 2. The first-order valence-electron chi connectivity index (χ1n) is 10.8. The van der Waals surface area contributed by atoms with Crippen LogP contribution >= 0.6 is 0 Å². The minimum Gasteiger partial charge on any atom is -0.488 e. The summed E-state index contributed by atoms with van der Waals surface area (Å²) in [5.74, 6) is -1.17. The quantitative estimate of drug-likeness (QED) is 0.347. The molecule has 1 rings (SSSR count). The molecule has 0 saturated carbocycles. The van der Waals surface area contributed by atoms with Crippen molar-refractivity contribution in [3.63, 3.8) is 0 Å². The van der Waals surface area contributed by atoms with Crippen LogP contribution in [0.25, 0.3) is 0 Å². The second-order valence-corrected chi connectivity index (χ2v) is 8.53. The fraction of sp³-hybridized carbons (Fsp3) is 0.609. The van der Waals surface area contributed by atoms with Crippen LogP contribution in [0.1, 0.15) is 64.9 Å². The maximum absolute atomic E-state index is 14.8. The summed E-state index contributed by atoms with van der Waals surface area (Å²) >= 11 is 0. The van der Waals surface area contributed by atoms with E-state index in [2.05, 4.69) is 10.1 Å². The highest BCUT2D eigenvalue weighted by Gasteiger charge is 2.21. The number of nitrogens with one attached hydrogen (secondary N) is 1. The Hall–Kier alpha value is -2.84. The number of unbranched alkanes of at least 4 members (excludes halogenated alkanes) is 2. The predicted octanol–water partition coefficient (Wildman–Crippen LogP) is 3.64. The van der Waals surface area contributed by atoms with E-state index in [1.54, 1.807) is 32.9 Å². The highest BCUT2D eigenvalue weighted by molar-refractivity contribution is 5.74. The van der Waals surface area contributed by atoms with E-state index in [1.165, 1.54) is 13.2 Å². The minimum atomic E-state index is -0.684. The van der Waals surface area contributed by atoms with Crippen molar-refractivity contribution in [2.75, 3.05) is 13.7 Å². The van der Waals surface area contributed by atoms with Gasteiger partial charge in [-0.1, -0.05) is 18.6 Å². The minimum absolute atomic E-state index is 0.0396. The monoisotopic (exact) mass is 454 g/mol. The molecular formula is C23H35FN2O6. The number of methoxy groups -OCH3 is 1. The molecule has 0 aliphatic carbocycles. The Morgan fingerprint density at radius 2 is 1.84 bits per heavy atom. The van der Waals surface area contributed by atoms with Crippen LogP contribution in [0.2, 0.25) is 0 Å². The maximum atomic E-state index is 14.8. The van der Waals surface area contributed by atoms with Crippen LogP contribution in [0.4, 0.5) is 9.18 Å². The standard InChI is InChI=1S/C23H35FN2O6/c1-23(2,3)32-22(29)26-17(13-14-19(25)27)15-31-18-11-8-10-16(21(18)24)9-6-5-7-12-20(28)30-4/h8,10-11,17H,5-7,9,12-15H2,1-4H3,(H2,25,27)(H,26,29)/t17-/m0/s1. The van der Waals surface area contributed by atoms with Crippen molar-refractivity contribution < 1.29 is 33.0 Å². The van der Waals surface area contributed by atoms with Gasteiger partial charge in [-0.25, -0.2) is 9.18 Å². The number of alkyl carbamates (subject to hydrolysis) is 1. The van der Waals surface area contributed by atoms with Crippen LogP contribution in [0, 0.1) is 5.82 Å². The summed E-state index contributed by atoms with van der Waals surface area (Å²) in [6, 6.07) is 4.31. The zero-order valence-electron chi connectivity index (χ0n) is 19.4. The van der Waals surface area contributed by atoms with Gasteiger partial charge in [-0.05, 0) is 58.1 Å². The molecule has 1 atom stereocenters. The molecule has 3 N–H and O–H groups in total. The zero-order valence-corrected chi connectivity index (χ0v) is 19.4. The third-order valence-electron chi connectivity index (χ3n) is 4.50. The Morgan fingerprint density at radius 3 is 2.47 bits per heavy atom. The first-order valence-corrected chi connectivity index (χ1v) is 10.8. The first kappa shape index (κ1) is 27.2. The zero-order chi connectivity index (χ0) is 24.1. The van der Waals surface area contributed by atoms with E-state index in [9.17, 15) is 18.8 Å². The van der Waals surface area contributed by atoms with Crippen LogP contribution in [0.5, 0.6) is 5.75 Å². The summed E-state index contributed by atoms with van der Waals surface area (Å²) in [7, 11) is 1.35. The molecule has 0 aliphatic heterocycles. The lowest BCUT2D eigenvalue weighted by Gasteiger charge is -2.24. The average molecular weight is 455 g/mol. The van der Waals surface area contributed by atoms with Gasteiger partial charge < -0.3 is 25.3 Å². The Morgan fingerprint density at radius 1 is 1.12 bits per heavy atom. The molecule has 2 amide bonds. The second-order valence-electron chi connectivity index (χ2n) is 8.53. The summed E-state index contributed by atoms with van der Waals surface area (Å²) in [4.78, 5) is 34.3. The molecule has 1 aromatic carbocycles. The third kappa shape index (κ3) is 11.5. The van der Waals surface area contributed by atoms with Crippen LogP contribution in [0.15, 0.2) is 18.2 Å². The number of nitrogens with two attached hydrogens (primary N) is 1. The number of ether oxygens (including phenoxy) is 3. The average Bonchev–Trinajstić information content (AvgIpc) is 2.69. The summed E-state index contributed by atoms with van der Waals surface area (Å²) < 4.78 is 30.3. The number of benzene rings is 1. The molecule has 0 heterocycles. The summed E-state index contributed by atoms with van der Waals surface area (Å²) in [5, 5.41) is 2.64. The molecule has 0 aromatic heterocycles. The van der Waals surface area contributed by atoms with Gasteiger partial charge >= 0.3 is 12.1 Å². The number of aryl methyl sites for hydroxylation is 1. The molecule has 0 bridgehead atoms. The van der Waals surface area contributed by atoms with Crippen molar-refractivity contribution in [3.05, 3.63) is 29.6 Å². The molecule has 0 radical (unpaired) electrons. The number of carbonyl (C=O) groups is 3. The van der Waals surface area contributed by atoms with Gasteiger partial charge in [0.15, 0.2) is 11.6 Å². The van der Waals surface area contributed by atoms with Crippen LogP contribution in [0.3, 0.4) is 0 Å². The molecule has 32 heavy (non-hydrogen) atoms. The molecule has 9 heteroatoms. The van der Waals surface area contributed by atoms with Crippen molar-refractivity contribution in [1.29, 1.82) is 0 Å². The molecule has 0 fully saturated rings. The van der Waals surface area contributed by atoms with Crippen LogP contribution in [-0.4, -0.2) is 43.3 Å². The Labute approximate surface area is 189 Å². The molecule has 0 unspecified atom stereocenters. The van der Waals surface area contributed by atoms with Gasteiger partial charge in [0.05, 0.1) is 13.2 Å². The lowest BCUT2D eigenvalue weighted by Crippen LogP contribution is -2.42. The fourth-order valence-electron chi connectivity index (χ4n) is 2.90. The number of esters is 1. The Balaban J connectivity index is 2.66. The normalized spacial score (nSPS) is 12.0. The number of halogens is 1. The number of primary amides is 1. The SMILES string of the molecule is COC(=O)CCCCCc1cccc(OC[C@H](CCC(N)=O)NC(=O)OC(C)(C)C)c1F. The highest BCUT2D eigenvalue weighted by Crippen LogP contribution is 2.23. The highest BCUT2D eigenvalue weighted by atomic mass is 19.1. The van der Waals surface area contributed by atoms with Crippen LogP contribution < -0.4 is 15.8 Å². The van der Waals surface area contributed by atoms with Crippen molar-refractivity contribution in [1.82, 2.24) is 5.32 Å². The first-order chi connectivity index (χ1) is 15.0. The van der Waals surface area contributed by atoms with Gasteiger partial charge in [0.1, 0.15) is 12.2 Å². The summed E-state index contributed by atoms with van der Waals surface area (Å²) in [6.45, 7) is 5.15. The van der Waals surface area contributed by atoms with Gasteiger partial charge in [0.25, 0.3) is 0 Å². The molecule has 8 nitrogen and oxygen atoms in total. The lowest BCUT2D eigenvalue weighted by molar-refractivity contribution is -0.140. The molecule has 1 aromatic rings. The number of hydrogen-bond acceptors (Lipinski definition) is 6. The van der Waals surface area contributed by atoms with E-state index >= 15 is 0 Å². The van der Waals surface area contributed by atoms with E-state index in [4.69, 9.17) is 15.2 Å². The van der Waals surface area contributed by atoms with E-state index < -0.39 is 29.5 Å². The second kappa shape index (κ2) is 13.5. The van der Waals surface area contributed by atoms with Gasteiger partial charge in [-0.15, -0.1) is 0 Å². The summed E-state index contributed by atoms with van der Waals surface area (Å²) in [5.41, 5.74) is 5.03. The van der Waals surface area contributed by atoms with E-state index in [-0.39, 0.29) is 31.2 Å². The van der Waals surface area contributed by atoms with Gasteiger partial charge in [0, 0.05) is 12.8 Å². The number of rotatable bonds is 13. The van der Waals surface area contributed by atoms with Crippen LogP contribution in [-0.2, 0) is 25.5 Å². The molecule has 0 aliphatic rings. The van der Waals surface area contributed by atoms with Crippen molar-refractivity contribution in [3.8, 4) is 5.75 Å². The summed E-state index contributed by atoms with van der Waals surface area (Å²) in [6.07, 6.45) is 2.64. The predicted molar refractivity (Wildman–Crippen MR) is 118 cm³/mol. The van der Waals surface area contributed by atoms with Gasteiger partial charge in [0.2, 0.25) is 5.91 Å². The van der Waals surface area contributed by atoms with Gasteiger partial charge in [-0.2, -0.15) is 0 Å². The lowest BCUT2D eigenvalue weighted by atomic mass is 10.1. The number of amides is 2. The Kier molecular flexibility index (Phi) is 11.5.